The lowest BCUT2D eigenvalue weighted by molar-refractivity contribution is 0.0749. The minimum Gasteiger partial charge on any atom is -0.409 e. The second kappa shape index (κ2) is 5.92. The van der Waals surface area contributed by atoms with E-state index < -0.39 is 0 Å². The van der Waals surface area contributed by atoms with Gasteiger partial charge in [-0.1, -0.05) is 23.4 Å². The van der Waals surface area contributed by atoms with Gasteiger partial charge in [-0.15, -0.1) is 11.3 Å². The van der Waals surface area contributed by atoms with Crippen LogP contribution in [0, 0.1) is 0 Å². The lowest BCUT2D eigenvalue weighted by Crippen LogP contribution is -2.37. The molecule has 106 valence electrons. The molecule has 20 heavy (non-hydrogen) atoms. The van der Waals surface area contributed by atoms with Gasteiger partial charge in [0, 0.05) is 35.0 Å². The third kappa shape index (κ3) is 2.75. The molecule has 6 heteroatoms. The van der Waals surface area contributed by atoms with Crippen molar-refractivity contribution in [2.24, 2.45) is 10.9 Å². The Labute approximate surface area is 121 Å². The van der Waals surface area contributed by atoms with Gasteiger partial charge in [0.2, 0.25) is 0 Å². The minimum atomic E-state index is -0.142. The normalized spacial score (nSPS) is 13.4. The molecule has 0 fully saturated rings. The quantitative estimate of drug-likeness (QED) is 0.393. The van der Waals surface area contributed by atoms with Crippen LogP contribution in [0.25, 0.3) is 10.1 Å². The highest BCUT2D eigenvalue weighted by Gasteiger charge is 2.21. The fraction of sp³-hybridized carbons (Fsp3) is 0.286. The van der Waals surface area contributed by atoms with E-state index in [1.807, 2.05) is 36.6 Å². The van der Waals surface area contributed by atoms with E-state index in [0.29, 0.717) is 12.0 Å². The van der Waals surface area contributed by atoms with Crippen molar-refractivity contribution in [2.75, 3.05) is 7.05 Å². The Kier molecular flexibility index (Phi) is 4.24. The van der Waals surface area contributed by atoms with Crippen LogP contribution in [0.15, 0.2) is 34.8 Å². The van der Waals surface area contributed by atoms with E-state index in [4.69, 9.17) is 10.9 Å². The maximum absolute atomic E-state index is 12.5. The zero-order chi connectivity index (χ0) is 14.7. The number of hydrogen-bond donors (Lipinski definition) is 2. The Morgan fingerprint density at radius 3 is 2.90 bits per heavy atom. The summed E-state index contributed by atoms with van der Waals surface area (Å²) in [6, 6.07) is 7.68. The number of amides is 1. The smallest absolute Gasteiger partial charge is 0.255 e. The number of fused-ring (bicyclic) bond motifs is 1. The number of nitrogens with zero attached hydrogens (tertiary/aromatic N) is 2. The largest absolute Gasteiger partial charge is 0.409 e. The summed E-state index contributed by atoms with van der Waals surface area (Å²) in [4.78, 5) is 14.1. The SMILES string of the molecule is CC(CC(N)=NO)N(C)C(=O)c1csc2ccccc12. The van der Waals surface area contributed by atoms with Gasteiger partial charge in [0.05, 0.1) is 5.56 Å². The monoisotopic (exact) mass is 291 g/mol. The average molecular weight is 291 g/mol. The topological polar surface area (TPSA) is 78.9 Å². The molecular formula is C14H17N3O2S. The third-order valence-corrected chi connectivity index (χ3v) is 4.29. The molecule has 1 aromatic heterocycles. The molecule has 2 rings (SSSR count). The van der Waals surface area contributed by atoms with Crippen molar-refractivity contribution in [3.63, 3.8) is 0 Å². The molecule has 5 nitrogen and oxygen atoms in total. The summed E-state index contributed by atoms with van der Waals surface area (Å²) in [6.07, 6.45) is 0.334. The van der Waals surface area contributed by atoms with E-state index in [-0.39, 0.29) is 17.8 Å². The van der Waals surface area contributed by atoms with Crippen molar-refractivity contribution in [1.82, 2.24) is 4.90 Å². The molecule has 0 spiro atoms. The lowest BCUT2D eigenvalue weighted by Gasteiger charge is -2.24. The van der Waals surface area contributed by atoms with Gasteiger partial charge in [-0.2, -0.15) is 0 Å². The third-order valence-electron chi connectivity index (χ3n) is 3.33. The lowest BCUT2D eigenvalue weighted by atomic mass is 10.1. The summed E-state index contributed by atoms with van der Waals surface area (Å²) in [6.45, 7) is 1.87. The highest BCUT2D eigenvalue weighted by Crippen LogP contribution is 2.26. The number of hydrogen-bond acceptors (Lipinski definition) is 4. The van der Waals surface area contributed by atoms with Crippen LogP contribution in [0.5, 0.6) is 0 Å². The van der Waals surface area contributed by atoms with Crippen LogP contribution >= 0.6 is 11.3 Å². The molecule has 2 aromatic rings. The zero-order valence-corrected chi connectivity index (χ0v) is 12.2. The Hall–Kier alpha value is -2.08. The predicted molar refractivity (Wildman–Crippen MR) is 81.4 cm³/mol. The Balaban J connectivity index is 2.22. The van der Waals surface area contributed by atoms with Crippen LogP contribution in [0.2, 0.25) is 0 Å². The highest BCUT2D eigenvalue weighted by molar-refractivity contribution is 7.17. The van der Waals surface area contributed by atoms with E-state index in [2.05, 4.69) is 5.16 Å². The van der Waals surface area contributed by atoms with Gasteiger partial charge in [0.15, 0.2) is 0 Å². The molecule has 1 amide bonds. The molecule has 0 aliphatic rings. The minimum absolute atomic E-state index is 0.0549. The number of carbonyl (C=O) groups is 1. The van der Waals surface area contributed by atoms with E-state index in [9.17, 15) is 4.79 Å². The number of carbonyl (C=O) groups excluding carboxylic acids is 1. The number of benzene rings is 1. The molecule has 0 saturated heterocycles. The van der Waals surface area contributed by atoms with Crippen LogP contribution in [0.1, 0.15) is 23.7 Å². The maximum atomic E-state index is 12.5. The summed E-state index contributed by atoms with van der Waals surface area (Å²) in [5, 5.41) is 14.4. The van der Waals surface area contributed by atoms with Crippen LogP contribution in [0.3, 0.4) is 0 Å². The van der Waals surface area contributed by atoms with Crippen LogP contribution < -0.4 is 5.73 Å². The summed E-state index contributed by atoms with van der Waals surface area (Å²) in [7, 11) is 1.73. The van der Waals surface area contributed by atoms with Crippen LogP contribution in [-0.2, 0) is 0 Å². The molecule has 3 N–H and O–H groups in total. The first-order valence-electron chi connectivity index (χ1n) is 6.24. The fourth-order valence-corrected chi connectivity index (χ4v) is 2.95. The van der Waals surface area contributed by atoms with Crippen molar-refractivity contribution < 1.29 is 10.0 Å². The fourth-order valence-electron chi connectivity index (χ4n) is 2.01. The molecule has 0 radical (unpaired) electrons. The van der Waals surface area contributed by atoms with E-state index >= 15 is 0 Å². The van der Waals surface area contributed by atoms with Gasteiger partial charge in [-0.05, 0) is 13.0 Å². The highest BCUT2D eigenvalue weighted by atomic mass is 32.1. The second-order valence-corrected chi connectivity index (χ2v) is 5.62. The van der Waals surface area contributed by atoms with Crippen molar-refractivity contribution >= 4 is 33.2 Å². The number of amidine groups is 1. The van der Waals surface area contributed by atoms with Crippen LogP contribution in [0.4, 0.5) is 0 Å². The number of nitrogens with two attached hydrogens (primary N) is 1. The molecule has 0 aliphatic heterocycles. The summed E-state index contributed by atoms with van der Waals surface area (Å²) in [5.74, 6) is 0.0630. The number of thiophene rings is 1. The molecule has 0 bridgehead atoms. The second-order valence-electron chi connectivity index (χ2n) is 4.71. The Bertz CT molecular complexity index is 651. The van der Waals surface area contributed by atoms with Gasteiger partial charge in [-0.3, -0.25) is 4.79 Å². The van der Waals surface area contributed by atoms with Crippen molar-refractivity contribution in [1.29, 1.82) is 0 Å². The van der Waals surface area contributed by atoms with Gasteiger partial charge >= 0.3 is 0 Å². The van der Waals surface area contributed by atoms with E-state index in [0.717, 1.165) is 10.1 Å². The summed E-state index contributed by atoms with van der Waals surface area (Å²) >= 11 is 1.55. The Morgan fingerprint density at radius 2 is 2.20 bits per heavy atom. The molecule has 1 atom stereocenters. The molecular weight excluding hydrogens is 274 g/mol. The summed E-state index contributed by atoms with van der Waals surface area (Å²) < 4.78 is 1.09. The number of rotatable bonds is 4. The van der Waals surface area contributed by atoms with Crippen molar-refractivity contribution in [3.05, 3.63) is 35.2 Å². The Morgan fingerprint density at radius 1 is 1.50 bits per heavy atom. The van der Waals surface area contributed by atoms with E-state index in [1.165, 1.54) is 0 Å². The first-order chi connectivity index (χ1) is 9.54. The first-order valence-corrected chi connectivity index (χ1v) is 7.12. The molecule has 0 aliphatic carbocycles. The number of oxime groups is 1. The zero-order valence-electron chi connectivity index (χ0n) is 11.4. The maximum Gasteiger partial charge on any atom is 0.255 e. The van der Waals surface area contributed by atoms with Gasteiger partial charge < -0.3 is 15.8 Å². The van der Waals surface area contributed by atoms with Gasteiger partial charge in [-0.25, -0.2) is 0 Å². The van der Waals surface area contributed by atoms with Gasteiger partial charge in [0.25, 0.3) is 5.91 Å². The summed E-state index contributed by atoms with van der Waals surface area (Å²) in [5.41, 5.74) is 6.18. The van der Waals surface area contributed by atoms with Gasteiger partial charge in [0.1, 0.15) is 5.84 Å². The average Bonchev–Trinajstić information content (AvgIpc) is 2.89. The van der Waals surface area contributed by atoms with E-state index in [1.54, 1.807) is 23.3 Å². The first kappa shape index (κ1) is 14.3. The predicted octanol–water partition coefficient (Wildman–Crippen LogP) is 2.50. The standard InChI is InChI=1S/C14H17N3O2S/c1-9(7-13(15)16-19)17(2)14(18)11-8-20-12-6-4-3-5-10(11)12/h3-6,8-9,19H,7H2,1-2H3,(H2,15,16). The van der Waals surface area contributed by atoms with Crippen molar-refractivity contribution in [2.45, 2.75) is 19.4 Å². The molecule has 1 unspecified atom stereocenters. The molecule has 1 heterocycles. The molecule has 1 aromatic carbocycles. The van der Waals surface area contributed by atoms with Crippen molar-refractivity contribution in [3.8, 4) is 0 Å². The van der Waals surface area contributed by atoms with Crippen LogP contribution in [-0.4, -0.2) is 34.9 Å². The molecule has 0 saturated carbocycles.